The lowest BCUT2D eigenvalue weighted by molar-refractivity contribution is -0.124. The lowest BCUT2D eigenvalue weighted by Gasteiger charge is -2.32. The van der Waals surface area contributed by atoms with Crippen molar-refractivity contribution >= 4 is 5.91 Å². The van der Waals surface area contributed by atoms with Gasteiger partial charge in [0.25, 0.3) is 0 Å². The topological polar surface area (TPSA) is 55.1 Å². The first-order valence-electron chi connectivity index (χ1n) is 6.50. The van der Waals surface area contributed by atoms with E-state index < -0.39 is 6.04 Å². The van der Waals surface area contributed by atoms with Gasteiger partial charge >= 0.3 is 0 Å². The molecule has 0 radical (unpaired) electrons. The van der Waals surface area contributed by atoms with Crippen LogP contribution in [0.2, 0.25) is 0 Å². The van der Waals surface area contributed by atoms with Gasteiger partial charge in [0.15, 0.2) is 0 Å². The third-order valence-corrected chi connectivity index (χ3v) is 3.70. The summed E-state index contributed by atoms with van der Waals surface area (Å²) in [7, 11) is 0. The lowest BCUT2D eigenvalue weighted by atomic mass is 9.77. The number of carbonyl (C=O) groups is 1. The number of hydrogen-bond donors (Lipinski definition) is 2. The number of benzene rings is 1. The molecule has 1 aromatic carbocycles. The van der Waals surface area contributed by atoms with Crippen molar-refractivity contribution in [3.63, 3.8) is 0 Å². The summed E-state index contributed by atoms with van der Waals surface area (Å²) in [6.07, 6.45) is 1.06. The predicted octanol–water partition coefficient (Wildman–Crippen LogP) is 1.82. The highest BCUT2D eigenvalue weighted by molar-refractivity contribution is 5.82. The summed E-state index contributed by atoms with van der Waals surface area (Å²) >= 11 is 0. The van der Waals surface area contributed by atoms with Crippen LogP contribution in [-0.4, -0.2) is 18.5 Å². The normalized spacial score (nSPS) is 19.7. The van der Waals surface area contributed by atoms with Crippen molar-refractivity contribution in [2.75, 3.05) is 6.54 Å². The molecular formula is C15H22N2O. The SMILES string of the molecule is CC(C)(C)C(N)C(=O)NCC1Cc2ccccc21. The van der Waals surface area contributed by atoms with Gasteiger partial charge in [-0.05, 0) is 23.0 Å². The number of nitrogens with one attached hydrogen (secondary N) is 1. The Morgan fingerprint density at radius 2 is 2.11 bits per heavy atom. The number of hydrogen-bond acceptors (Lipinski definition) is 2. The fourth-order valence-corrected chi connectivity index (χ4v) is 2.27. The molecule has 0 spiro atoms. The second kappa shape index (κ2) is 4.73. The fourth-order valence-electron chi connectivity index (χ4n) is 2.27. The molecule has 1 aliphatic rings. The summed E-state index contributed by atoms with van der Waals surface area (Å²) in [4.78, 5) is 11.9. The van der Waals surface area contributed by atoms with Gasteiger partial charge in [0.05, 0.1) is 6.04 Å². The van der Waals surface area contributed by atoms with Gasteiger partial charge in [-0.2, -0.15) is 0 Å². The Bertz CT molecular complexity index is 448. The van der Waals surface area contributed by atoms with Crippen LogP contribution in [0.1, 0.15) is 37.8 Å². The van der Waals surface area contributed by atoms with Crippen LogP contribution in [0.4, 0.5) is 0 Å². The van der Waals surface area contributed by atoms with Crippen LogP contribution >= 0.6 is 0 Å². The lowest BCUT2D eigenvalue weighted by Crippen LogP contribution is -2.49. The van der Waals surface area contributed by atoms with Gasteiger partial charge in [0.1, 0.15) is 0 Å². The molecule has 0 saturated heterocycles. The smallest absolute Gasteiger partial charge is 0.237 e. The minimum atomic E-state index is -0.451. The summed E-state index contributed by atoms with van der Waals surface area (Å²) in [6, 6.07) is 7.94. The average Bonchev–Trinajstić information content (AvgIpc) is 2.28. The zero-order valence-corrected chi connectivity index (χ0v) is 11.4. The Hall–Kier alpha value is -1.35. The highest BCUT2D eigenvalue weighted by Gasteiger charge is 2.30. The highest BCUT2D eigenvalue weighted by Crippen LogP contribution is 2.34. The van der Waals surface area contributed by atoms with Gasteiger partial charge in [-0.1, -0.05) is 45.0 Å². The van der Waals surface area contributed by atoms with Crippen molar-refractivity contribution in [2.45, 2.75) is 39.2 Å². The summed E-state index contributed by atoms with van der Waals surface area (Å²) in [5.74, 6) is 0.407. The first-order chi connectivity index (χ1) is 8.39. The Morgan fingerprint density at radius 1 is 1.44 bits per heavy atom. The summed E-state index contributed by atoms with van der Waals surface area (Å²) in [6.45, 7) is 6.64. The van der Waals surface area contributed by atoms with Crippen LogP contribution in [0.5, 0.6) is 0 Å². The third-order valence-electron chi connectivity index (χ3n) is 3.70. The van der Waals surface area contributed by atoms with Crippen LogP contribution in [0, 0.1) is 5.41 Å². The van der Waals surface area contributed by atoms with Crippen molar-refractivity contribution in [3.8, 4) is 0 Å². The molecule has 0 heterocycles. The molecule has 0 fully saturated rings. The zero-order chi connectivity index (χ0) is 13.3. The molecule has 1 aromatic rings. The summed E-state index contributed by atoms with van der Waals surface area (Å²) < 4.78 is 0. The minimum absolute atomic E-state index is 0.0492. The van der Waals surface area contributed by atoms with E-state index in [1.807, 2.05) is 26.8 Å². The molecular weight excluding hydrogens is 224 g/mol. The Labute approximate surface area is 109 Å². The molecule has 18 heavy (non-hydrogen) atoms. The molecule has 0 aromatic heterocycles. The maximum atomic E-state index is 11.9. The van der Waals surface area contributed by atoms with Gasteiger partial charge in [0, 0.05) is 12.5 Å². The molecule has 2 unspecified atom stereocenters. The minimum Gasteiger partial charge on any atom is -0.354 e. The van der Waals surface area contributed by atoms with Gasteiger partial charge in [-0.15, -0.1) is 0 Å². The maximum Gasteiger partial charge on any atom is 0.237 e. The number of fused-ring (bicyclic) bond motifs is 1. The first kappa shape index (κ1) is 13.1. The van der Waals surface area contributed by atoms with Crippen LogP contribution in [0.15, 0.2) is 24.3 Å². The second-order valence-corrected chi connectivity index (χ2v) is 6.19. The second-order valence-electron chi connectivity index (χ2n) is 6.19. The number of carbonyl (C=O) groups excluding carboxylic acids is 1. The molecule has 0 saturated carbocycles. The number of amides is 1. The Kier molecular flexibility index (Phi) is 3.44. The number of rotatable bonds is 3. The molecule has 2 atom stereocenters. The molecule has 1 aliphatic carbocycles. The standard InChI is InChI=1S/C15H22N2O/c1-15(2,3)13(16)14(18)17-9-11-8-10-6-4-5-7-12(10)11/h4-7,11,13H,8-9,16H2,1-3H3,(H,17,18). The van der Waals surface area contributed by atoms with Crippen LogP contribution < -0.4 is 11.1 Å². The monoisotopic (exact) mass is 246 g/mol. The largest absolute Gasteiger partial charge is 0.354 e. The Morgan fingerprint density at radius 3 is 2.72 bits per heavy atom. The van der Waals surface area contributed by atoms with Crippen molar-refractivity contribution in [1.29, 1.82) is 0 Å². The van der Waals surface area contributed by atoms with Gasteiger partial charge < -0.3 is 11.1 Å². The van der Waals surface area contributed by atoms with E-state index in [1.54, 1.807) is 0 Å². The molecule has 2 rings (SSSR count). The fraction of sp³-hybridized carbons (Fsp3) is 0.533. The molecule has 0 bridgehead atoms. The van der Waals surface area contributed by atoms with E-state index in [9.17, 15) is 4.79 Å². The van der Waals surface area contributed by atoms with Crippen molar-refractivity contribution in [1.82, 2.24) is 5.32 Å². The van der Waals surface area contributed by atoms with Gasteiger partial charge in [-0.3, -0.25) is 4.79 Å². The van der Waals surface area contributed by atoms with E-state index in [4.69, 9.17) is 5.73 Å². The van der Waals surface area contributed by atoms with Gasteiger partial charge in [-0.25, -0.2) is 0 Å². The quantitative estimate of drug-likeness (QED) is 0.854. The van der Waals surface area contributed by atoms with Crippen molar-refractivity contribution in [2.24, 2.45) is 11.1 Å². The van der Waals surface area contributed by atoms with Crippen molar-refractivity contribution < 1.29 is 4.79 Å². The van der Waals surface area contributed by atoms with E-state index in [2.05, 4.69) is 23.5 Å². The summed E-state index contributed by atoms with van der Waals surface area (Å²) in [5.41, 5.74) is 8.49. The first-order valence-corrected chi connectivity index (χ1v) is 6.50. The Balaban J connectivity index is 1.86. The molecule has 1 amide bonds. The van der Waals surface area contributed by atoms with E-state index in [0.717, 1.165) is 6.42 Å². The molecule has 98 valence electrons. The van der Waals surface area contributed by atoms with Crippen LogP contribution in [0.25, 0.3) is 0 Å². The van der Waals surface area contributed by atoms with Crippen molar-refractivity contribution in [3.05, 3.63) is 35.4 Å². The van der Waals surface area contributed by atoms with Crippen LogP contribution in [0.3, 0.4) is 0 Å². The third kappa shape index (κ3) is 2.56. The van der Waals surface area contributed by atoms with E-state index in [-0.39, 0.29) is 11.3 Å². The number of nitrogens with two attached hydrogens (primary N) is 1. The van der Waals surface area contributed by atoms with Crippen LogP contribution in [-0.2, 0) is 11.2 Å². The summed E-state index contributed by atoms with van der Waals surface area (Å²) in [5, 5.41) is 2.97. The average molecular weight is 246 g/mol. The maximum absolute atomic E-state index is 11.9. The zero-order valence-electron chi connectivity index (χ0n) is 11.4. The molecule has 0 aliphatic heterocycles. The van der Waals surface area contributed by atoms with E-state index in [1.165, 1.54) is 11.1 Å². The molecule has 3 nitrogen and oxygen atoms in total. The van der Waals surface area contributed by atoms with E-state index >= 15 is 0 Å². The molecule has 3 heteroatoms. The van der Waals surface area contributed by atoms with E-state index in [0.29, 0.717) is 12.5 Å². The predicted molar refractivity (Wildman–Crippen MR) is 73.3 cm³/mol. The highest BCUT2D eigenvalue weighted by atomic mass is 16.2. The van der Waals surface area contributed by atoms with Gasteiger partial charge in [0.2, 0.25) is 5.91 Å². The molecule has 3 N–H and O–H groups in total.